The minimum atomic E-state index is 0.540. The van der Waals surface area contributed by atoms with Gasteiger partial charge in [-0.05, 0) is 61.1 Å². The first-order valence-corrected chi connectivity index (χ1v) is 9.03. The molecule has 0 aliphatic carbocycles. The molecule has 0 atom stereocenters. The molecule has 1 N–H and O–H groups in total. The summed E-state index contributed by atoms with van der Waals surface area (Å²) in [4.78, 5) is 6.64. The van der Waals surface area contributed by atoms with Crippen molar-refractivity contribution >= 4 is 23.8 Å². The van der Waals surface area contributed by atoms with Crippen molar-refractivity contribution < 1.29 is 0 Å². The van der Waals surface area contributed by atoms with Crippen molar-refractivity contribution in [1.82, 2.24) is 19.7 Å². The van der Waals surface area contributed by atoms with Crippen molar-refractivity contribution in [3.05, 3.63) is 69.5 Å². The van der Waals surface area contributed by atoms with Crippen LogP contribution in [0.2, 0.25) is 5.02 Å². The van der Waals surface area contributed by atoms with E-state index in [0.717, 1.165) is 24.4 Å². The molecule has 1 heterocycles. The summed E-state index contributed by atoms with van der Waals surface area (Å²) < 4.78 is 2.41. The van der Waals surface area contributed by atoms with Crippen LogP contribution in [-0.4, -0.2) is 26.7 Å². The number of benzene rings is 2. The van der Waals surface area contributed by atoms with E-state index in [4.69, 9.17) is 23.8 Å². The maximum absolute atomic E-state index is 5.94. The van der Waals surface area contributed by atoms with Gasteiger partial charge in [0.25, 0.3) is 0 Å². The highest BCUT2D eigenvalue weighted by Gasteiger charge is 2.08. The predicted molar refractivity (Wildman–Crippen MR) is 105 cm³/mol. The largest absolute Gasteiger partial charge is 0.283 e. The molecule has 2 aromatic carbocycles. The summed E-state index contributed by atoms with van der Waals surface area (Å²) >= 11 is 11.3. The number of aromatic nitrogens is 3. The molecule has 3 rings (SSSR count). The Hall–Kier alpha value is -1.95. The summed E-state index contributed by atoms with van der Waals surface area (Å²) in [5.41, 5.74) is 3.60. The molecule has 25 heavy (non-hydrogen) atoms. The zero-order valence-electron chi connectivity index (χ0n) is 14.4. The molecule has 0 aliphatic heterocycles. The highest BCUT2D eigenvalue weighted by Crippen LogP contribution is 2.18. The molecule has 1 aromatic heterocycles. The van der Waals surface area contributed by atoms with Crippen LogP contribution in [0.1, 0.15) is 18.1 Å². The summed E-state index contributed by atoms with van der Waals surface area (Å²) in [6.45, 7) is 3.66. The molecule has 0 amide bonds. The molecule has 0 saturated heterocycles. The first-order valence-electron chi connectivity index (χ1n) is 8.24. The van der Waals surface area contributed by atoms with Gasteiger partial charge in [-0.25, -0.2) is 4.68 Å². The second-order valence-electron chi connectivity index (χ2n) is 6.12. The third-order valence-corrected chi connectivity index (χ3v) is 4.63. The van der Waals surface area contributed by atoms with Crippen molar-refractivity contribution in [2.24, 2.45) is 0 Å². The number of hydrogen-bond donors (Lipinski definition) is 1. The van der Waals surface area contributed by atoms with Gasteiger partial charge in [-0.2, -0.15) is 4.98 Å². The van der Waals surface area contributed by atoms with Gasteiger partial charge in [-0.15, -0.1) is 0 Å². The first-order chi connectivity index (χ1) is 12.0. The van der Waals surface area contributed by atoms with Crippen molar-refractivity contribution in [3.63, 3.8) is 0 Å². The van der Waals surface area contributed by atoms with Crippen molar-refractivity contribution in [1.29, 1.82) is 0 Å². The van der Waals surface area contributed by atoms with Gasteiger partial charge >= 0.3 is 0 Å². The highest BCUT2D eigenvalue weighted by molar-refractivity contribution is 7.71. The second kappa shape index (κ2) is 7.95. The zero-order valence-corrected chi connectivity index (χ0v) is 15.9. The number of halogens is 1. The molecular formula is C19H21ClN4S. The van der Waals surface area contributed by atoms with Crippen LogP contribution in [0.5, 0.6) is 0 Å². The Kier molecular flexibility index (Phi) is 5.68. The SMILES string of the molecule is CCc1ccc(CN(C)Cn2[nH]c(-c3ccc(Cl)cc3)nc2=S)cc1. The Morgan fingerprint density at radius 1 is 1.08 bits per heavy atom. The lowest BCUT2D eigenvalue weighted by Gasteiger charge is -2.17. The molecule has 0 unspecified atom stereocenters. The predicted octanol–water partition coefficient (Wildman–Crippen LogP) is 4.91. The Balaban J connectivity index is 1.69. The smallest absolute Gasteiger partial charge is 0.217 e. The number of H-pyrrole nitrogens is 1. The molecular weight excluding hydrogens is 352 g/mol. The average Bonchev–Trinajstić information content (AvgIpc) is 2.96. The number of hydrogen-bond acceptors (Lipinski definition) is 3. The molecule has 0 fully saturated rings. The number of aryl methyl sites for hydroxylation is 1. The van der Waals surface area contributed by atoms with Crippen LogP contribution in [-0.2, 0) is 19.6 Å². The van der Waals surface area contributed by atoms with Gasteiger partial charge in [-0.1, -0.05) is 42.8 Å². The van der Waals surface area contributed by atoms with Gasteiger partial charge in [0.15, 0.2) is 5.82 Å². The van der Waals surface area contributed by atoms with Crippen LogP contribution in [0.15, 0.2) is 48.5 Å². The highest BCUT2D eigenvalue weighted by atomic mass is 35.5. The number of rotatable bonds is 6. The van der Waals surface area contributed by atoms with Crippen LogP contribution < -0.4 is 0 Å². The molecule has 4 nitrogen and oxygen atoms in total. The summed E-state index contributed by atoms with van der Waals surface area (Å²) in [6, 6.07) is 16.3. The zero-order chi connectivity index (χ0) is 17.8. The minimum absolute atomic E-state index is 0.540. The van der Waals surface area contributed by atoms with Gasteiger partial charge in [0.1, 0.15) is 0 Å². The first kappa shape index (κ1) is 17.9. The second-order valence-corrected chi connectivity index (χ2v) is 6.92. The van der Waals surface area contributed by atoms with Crippen LogP contribution in [0.3, 0.4) is 0 Å². The number of aromatic amines is 1. The third-order valence-electron chi connectivity index (χ3n) is 4.06. The lowest BCUT2D eigenvalue weighted by molar-refractivity contribution is 0.244. The van der Waals surface area contributed by atoms with Gasteiger partial charge in [0.05, 0.1) is 6.67 Å². The quantitative estimate of drug-likeness (QED) is 0.624. The van der Waals surface area contributed by atoms with E-state index in [1.807, 2.05) is 28.9 Å². The third kappa shape index (κ3) is 4.57. The van der Waals surface area contributed by atoms with Crippen molar-refractivity contribution in [2.45, 2.75) is 26.6 Å². The van der Waals surface area contributed by atoms with E-state index in [1.54, 1.807) is 0 Å². The molecule has 3 aromatic rings. The summed E-state index contributed by atoms with van der Waals surface area (Å²) in [7, 11) is 2.07. The average molecular weight is 373 g/mol. The van der Waals surface area contributed by atoms with Crippen molar-refractivity contribution in [2.75, 3.05) is 7.05 Å². The fourth-order valence-corrected chi connectivity index (χ4v) is 2.99. The lowest BCUT2D eigenvalue weighted by atomic mass is 10.1. The molecule has 0 spiro atoms. The van der Waals surface area contributed by atoms with E-state index in [1.165, 1.54) is 11.1 Å². The van der Waals surface area contributed by atoms with E-state index in [-0.39, 0.29) is 0 Å². The van der Waals surface area contributed by atoms with Crippen LogP contribution in [0.4, 0.5) is 0 Å². The van der Waals surface area contributed by atoms with E-state index in [0.29, 0.717) is 16.5 Å². The Bertz CT molecular complexity index is 881. The normalized spacial score (nSPS) is 11.2. The lowest BCUT2D eigenvalue weighted by Crippen LogP contribution is -2.22. The maximum atomic E-state index is 5.94. The van der Waals surface area contributed by atoms with Crippen molar-refractivity contribution in [3.8, 4) is 11.4 Å². The fourth-order valence-electron chi connectivity index (χ4n) is 2.67. The van der Waals surface area contributed by atoms with Gasteiger partial charge in [-0.3, -0.25) is 10.00 Å². The Morgan fingerprint density at radius 3 is 2.36 bits per heavy atom. The van der Waals surface area contributed by atoms with Crippen LogP contribution in [0.25, 0.3) is 11.4 Å². The van der Waals surface area contributed by atoms with E-state index >= 15 is 0 Å². The maximum Gasteiger partial charge on any atom is 0.217 e. The Labute approximate surface area is 158 Å². The van der Waals surface area contributed by atoms with Gasteiger partial charge < -0.3 is 0 Å². The van der Waals surface area contributed by atoms with Gasteiger partial charge in [0.2, 0.25) is 4.77 Å². The summed E-state index contributed by atoms with van der Waals surface area (Å²) in [5.74, 6) is 0.752. The molecule has 0 saturated carbocycles. The summed E-state index contributed by atoms with van der Waals surface area (Å²) in [6.07, 6.45) is 1.06. The Morgan fingerprint density at radius 2 is 1.72 bits per heavy atom. The van der Waals surface area contributed by atoms with E-state index < -0.39 is 0 Å². The molecule has 0 radical (unpaired) electrons. The van der Waals surface area contributed by atoms with E-state index in [2.05, 4.69) is 53.2 Å². The molecule has 130 valence electrons. The molecule has 0 bridgehead atoms. The van der Waals surface area contributed by atoms with Gasteiger partial charge in [0, 0.05) is 17.1 Å². The molecule has 0 aliphatic rings. The fraction of sp³-hybridized carbons (Fsp3) is 0.263. The molecule has 6 heteroatoms. The number of nitrogens with one attached hydrogen (secondary N) is 1. The standard InChI is InChI=1S/C19H21ClN4S/c1-3-14-4-6-15(7-5-14)12-23(2)13-24-19(25)21-18(22-24)16-8-10-17(20)11-9-16/h4-11H,3,12-13H2,1-2H3,(H,21,22,25). The topological polar surface area (TPSA) is 36.9 Å². The van der Waals surface area contributed by atoms with Crippen LogP contribution in [0, 0.1) is 4.77 Å². The minimum Gasteiger partial charge on any atom is -0.283 e. The van der Waals surface area contributed by atoms with Crippen LogP contribution >= 0.6 is 23.8 Å². The monoisotopic (exact) mass is 372 g/mol. The number of nitrogens with zero attached hydrogens (tertiary/aromatic N) is 3. The summed E-state index contributed by atoms with van der Waals surface area (Å²) in [5, 5.41) is 3.97. The van der Waals surface area contributed by atoms with E-state index in [9.17, 15) is 0 Å².